The molecule has 1 amide bonds. The molecule has 1 aliphatic rings. The lowest BCUT2D eigenvalue weighted by Gasteiger charge is -2.31. The van der Waals surface area contributed by atoms with Crippen LogP contribution < -0.4 is 5.32 Å². The molecule has 5 nitrogen and oxygen atoms in total. The van der Waals surface area contributed by atoms with Crippen molar-refractivity contribution in [2.75, 3.05) is 13.1 Å². The van der Waals surface area contributed by atoms with Crippen LogP contribution in [0.4, 0.5) is 0 Å². The molecule has 0 saturated carbocycles. The SMILES string of the molecule is Cc1ccc(C(C)NC(=O)C2CCN(S(=O)(=O)Cc3ccccc3C)CC2)cc1. The molecule has 1 N–H and O–H groups in total. The van der Waals surface area contributed by atoms with Gasteiger partial charge in [-0.3, -0.25) is 4.79 Å². The maximum absolute atomic E-state index is 12.8. The molecule has 2 aromatic rings. The van der Waals surface area contributed by atoms with Gasteiger partial charge in [0.2, 0.25) is 15.9 Å². The highest BCUT2D eigenvalue weighted by molar-refractivity contribution is 7.88. The molecule has 3 rings (SSSR count). The molecule has 0 spiro atoms. The second kappa shape index (κ2) is 9.09. The first-order chi connectivity index (χ1) is 13.8. The summed E-state index contributed by atoms with van der Waals surface area (Å²) < 4.78 is 27.1. The monoisotopic (exact) mass is 414 g/mol. The number of nitrogens with zero attached hydrogens (tertiary/aromatic N) is 1. The Kier molecular flexibility index (Phi) is 6.75. The van der Waals surface area contributed by atoms with E-state index in [2.05, 4.69) is 5.32 Å². The zero-order valence-corrected chi connectivity index (χ0v) is 18.2. The van der Waals surface area contributed by atoms with Gasteiger partial charge in [-0.1, -0.05) is 54.1 Å². The van der Waals surface area contributed by atoms with Crippen molar-refractivity contribution in [2.24, 2.45) is 5.92 Å². The van der Waals surface area contributed by atoms with Gasteiger partial charge < -0.3 is 5.32 Å². The Labute approximate surface area is 174 Å². The van der Waals surface area contributed by atoms with Crippen molar-refractivity contribution in [3.05, 3.63) is 70.8 Å². The van der Waals surface area contributed by atoms with Gasteiger partial charge in [-0.2, -0.15) is 0 Å². The largest absolute Gasteiger partial charge is 0.349 e. The quantitative estimate of drug-likeness (QED) is 0.783. The predicted octanol–water partition coefficient (Wildman–Crippen LogP) is 3.72. The van der Waals surface area contributed by atoms with Gasteiger partial charge in [-0.25, -0.2) is 12.7 Å². The molecule has 1 unspecified atom stereocenters. The number of sulfonamides is 1. The summed E-state index contributed by atoms with van der Waals surface area (Å²) in [6.45, 7) is 6.73. The number of amides is 1. The van der Waals surface area contributed by atoms with Crippen LogP contribution in [0.25, 0.3) is 0 Å². The minimum absolute atomic E-state index is 0.00836. The number of piperidine rings is 1. The van der Waals surface area contributed by atoms with E-state index in [-0.39, 0.29) is 23.6 Å². The van der Waals surface area contributed by atoms with Crippen molar-refractivity contribution in [1.82, 2.24) is 9.62 Å². The molecule has 0 bridgehead atoms. The summed E-state index contributed by atoms with van der Waals surface area (Å²) in [5.74, 6) is -0.122. The van der Waals surface area contributed by atoms with E-state index in [1.807, 2.05) is 69.3 Å². The van der Waals surface area contributed by atoms with Crippen molar-refractivity contribution < 1.29 is 13.2 Å². The summed E-state index contributed by atoms with van der Waals surface area (Å²) in [4.78, 5) is 12.7. The lowest BCUT2D eigenvalue weighted by molar-refractivity contribution is -0.126. The summed E-state index contributed by atoms with van der Waals surface area (Å²) in [6, 6.07) is 15.6. The first kappa shape index (κ1) is 21.5. The van der Waals surface area contributed by atoms with Gasteiger partial charge in [0.05, 0.1) is 11.8 Å². The van der Waals surface area contributed by atoms with Crippen LogP contribution in [0.3, 0.4) is 0 Å². The van der Waals surface area contributed by atoms with Gasteiger partial charge in [0.15, 0.2) is 0 Å². The molecule has 1 saturated heterocycles. The zero-order chi connectivity index (χ0) is 21.0. The average molecular weight is 415 g/mol. The van der Waals surface area contributed by atoms with Gasteiger partial charge in [0.25, 0.3) is 0 Å². The van der Waals surface area contributed by atoms with Crippen molar-refractivity contribution in [3.63, 3.8) is 0 Å². The first-order valence-corrected chi connectivity index (χ1v) is 11.8. The van der Waals surface area contributed by atoms with E-state index < -0.39 is 10.0 Å². The zero-order valence-electron chi connectivity index (χ0n) is 17.4. The third-order valence-electron chi connectivity index (χ3n) is 5.75. The summed E-state index contributed by atoms with van der Waals surface area (Å²) in [5.41, 5.74) is 4.07. The molecule has 0 radical (unpaired) electrons. The number of rotatable bonds is 6. The lowest BCUT2D eigenvalue weighted by Crippen LogP contribution is -2.43. The third-order valence-corrected chi connectivity index (χ3v) is 7.58. The molecule has 1 aliphatic heterocycles. The maximum atomic E-state index is 12.8. The Morgan fingerprint density at radius 1 is 1.07 bits per heavy atom. The maximum Gasteiger partial charge on any atom is 0.223 e. The van der Waals surface area contributed by atoms with E-state index in [4.69, 9.17) is 0 Å². The molecule has 156 valence electrons. The highest BCUT2D eigenvalue weighted by atomic mass is 32.2. The van der Waals surface area contributed by atoms with E-state index in [1.54, 1.807) is 0 Å². The summed E-state index contributed by atoms with van der Waals surface area (Å²) in [7, 11) is -3.38. The van der Waals surface area contributed by atoms with Crippen LogP contribution in [-0.4, -0.2) is 31.7 Å². The summed E-state index contributed by atoms with van der Waals surface area (Å²) in [5, 5.41) is 3.08. The normalized spacial score (nSPS) is 17.1. The second-order valence-corrected chi connectivity index (χ2v) is 9.97. The average Bonchev–Trinajstić information content (AvgIpc) is 2.70. The third kappa shape index (κ3) is 5.46. The lowest BCUT2D eigenvalue weighted by atomic mass is 9.96. The van der Waals surface area contributed by atoms with Gasteiger partial charge in [0.1, 0.15) is 0 Å². The van der Waals surface area contributed by atoms with Gasteiger partial charge in [-0.15, -0.1) is 0 Å². The number of carbonyl (C=O) groups excluding carboxylic acids is 1. The summed E-state index contributed by atoms with van der Waals surface area (Å²) in [6.07, 6.45) is 1.11. The molecular weight excluding hydrogens is 384 g/mol. The van der Waals surface area contributed by atoms with Crippen LogP contribution >= 0.6 is 0 Å². The molecular formula is C23H30N2O3S. The number of aryl methyl sites for hydroxylation is 2. The number of hydrogen-bond donors (Lipinski definition) is 1. The molecule has 29 heavy (non-hydrogen) atoms. The van der Waals surface area contributed by atoms with Crippen LogP contribution in [0, 0.1) is 19.8 Å². The fraction of sp³-hybridized carbons (Fsp3) is 0.435. The topological polar surface area (TPSA) is 66.5 Å². The molecule has 1 atom stereocenters. The Morgan fingerprint density at radius 2 is 1.69 bits per heavy atom. The van der Waals surface area contributed by atoms with E-state index in [9.17, 15) is 13.2 Å². The smallest absolute Gasteiger partial charge is 0.223 e. The van der Waals surface area contributed by atoms with Crippen LogP contribution in [0.2, 0.25) is 0 Å². The Hall–Kier alpha value is -2.18. The number of carbonyl (C=O) groups is 1. The minimum atomic E-state index is -3.38. The van der Waals surface area contributed by atoms with Gasteiger partial charge in [-0.05, 0) is 50.3 Å². The van der Waals surface area contributed by atoms with Crippen LogP contribution in [-0.2, 0) is 20.6 Å². The summed E-state index contributed by atoms with van der Waals surface area (Å²) >= 11 is 0. The first-order valence-electron chi connectivity index (χ1n) is 10.2. The molecule has 0 aliphatic carbocycles. The van der Waals surface area contributed by atoms with E-state index in [1.165, 1.54) is 9.87 Å². The number of nitrogens with one attached hydrogen (secondary N) is 1. The van der Waals surface area contributed by atoms with Crippen molar-refractivity contribution in [1.29, 1.82) is 0 Å². The molecule has 0 aromatic heterocycles. The van der Waals surface area contributed by atoms with Crippen molar-refractivity contribution in [3.8, 4) is 0 Å². The molecule has 1 heterocycles. The second-order valence-electron chi connectivity index (χ2n) is 8.00. The Balaban J connectivity index is 1.54. The number of hydrogen-bond acceptors (Lipinski definition) is 3. The molecule has 6 heteroatoms. The van der Waals surface area contributed by atoms with Gasteiger partial charge >= 0.3 is 0 Å². The fourth-order valence-corrected chi connectivity index (χ4v) is 5.39. The molecule has 2 aromatic carbocycles. The number of benzene rings is 2. The fourth-order valence-electron chi connectivity index (χ4n) is 3.73. The minimum Gasteiger partial charge on any atom is -0.349 e. The van der Waals surface area contributed by atoms with E-state index in [0.29, 0.717) is 25.9 Å². The Morgan fingerprint density at radius 3 is 2.31 bits per heavy atom. The van der Waals surface area contributed by atoms with Crippen molar-refractivity contribution in [2.45, 2.75) is 45.4 Å². The van der Waals surface area contributed by atoms with Crippen molar-refractivity contribution >= 4 is 15.9 Å². The van der Waals surface area contributed by atoms with E-state index in [0.717, 1.165) is 16.7 Å². The van der Waals surface area contributed by atoms with Crippen LogP contribution in [0.15, 0.2) is 48.5 Å². The van der Waals surface area contributed by atoms with Crippen LogP contribution in [0.1, 0.15) is 48.1 Å². The Bertz CT molecular complexity index is 946. The van der Waals surface area contributed by atoms with Gasteiger partial charge in [0, 0.05) is 19.0 Å². The highest BCUT2D eigenvalue weighted by Gasteiger charge is 2.31. The predicted molar refractivity (Wildman–Crippen MR) is 116 cm³/mol. The molecule has 1 fully saturated rings. The standard InChI is InChI=1S/C23H30N2O3S/c1-17-8-10-20(11-9-17)19(3)24-23(26)21-12-14-25(15-13-21)29(27,28)16-22-7-5-4-6-18(22)2/h4-11,19,21H,12-16H2,1-3H3,(H,24,26). The van der Waals surface area contributed by atoms with E-state index >= 15 is 0 Å². The van der Waals surface area contributed by atoms with Crippen LogP contribution in [0.5, 0.6) is 0 Å². The highest BCUT2D eigenvalue weighted by Crippen LogP contribution is 2.24.